The van der Waals surface area contributed by atoms with E-state index in [1.165, 1.54) is 12.4 Å². The molecule has 0 radical (unpaired) electrons. The van der Waals surface area contributed by atoms with Gasteiger partial charge in [0, 0.05) is 18.4 Å². The van der Waals surface area contributed by atoms with Gasteiger partial charge in [0.05, 0.1) is 0 Å². The number of rotatable bonds is 2. The van der Waals surface area contributed by atoms with E-state index in [9.17, 15) is 9.59 Å². The minimum atomic E-state index is -0.416. The molecule has 1 unspecified atom stereocenters. The fraction of sp³-hybridized carbons (Fsp3) is 0.500. The molecule has 5 nitrogen and oxygen atoms in total. The van der Waals surface area contributed by atoms with Crippen LogP contribution in [0.3, 0.4) is 0 Å². The molecule has 0 bridgehead atoms. The lowest BCUT2D eigenvalue weighted by Crippen LogP contribution is -2.39. The summed E-state index contributed by atoms with van der Waals surface area (Å²) in [6.45, 7) is 3.85. The molecular weight excluding hydrogens is 170 g/mol. The Morgan fingerprint density at radius 1 is 1.77 bits per heavy atom. The molecule has 72 valence electrons. The van der Waals surface area contributed by atoms with E-state index in [0.29, 0.717) is 0 Å². The molecule has 0 aliphatic heterocycles. The van der Waals surface area contributed by atoms with Gasteiger partial charge in [0.2, 0.25) is 0 Å². The zero-order valence-electron chi connectivity index (χ0n) is 7.70. The van der Waals surface area contributed by atoms with Crippen molar-refractivity contribution in [3.05, 3.63) is 22.9 Å². The number of hydrogen-bond donors (Lipinski definition) is 2. The van der Waals surface area contributed by atoms with Crippen LogP contribution in [0, 0.1) is 0 Å². The quantitative estimate of drug-likeness (QED) is 0.702. The minimum absolute atomic E-state index is 0.0781. The van der Waals surface area contributed by atoms with Crippen molar-refractivity contribution in [3.8, 4) is 0 Å². The van der Waals surface area contributed by atoms with Crippen LogP contribution < -0.4 is 11.0 Å². The molecule has 2 N–H and O–H groups in total. The lowest BCUT2D eigenvalue weighted by Gasteiger charge is -2.10. The van der Waals surface area contributed by atoms with Gasteiger partial charge < -0.3 is 10.3 Å². The Labute approximate surface area is 75.8 Å². The topological polar surface area (TPSA) is 66.9 Å². The molecule has 1 aromatic heterocycles. The molecule has 1 atom stereocenters. The van der Waals surface area contributed by atoms with Gasteiger partial charge in [0.25, 0.3) is 0 Å². The molecule has 13 heavy (non-hydrogen) atoms. The van der Waals surface area contributed by atoms with Gasteiger partial charge in [-0.05, 0) is 13.3 Å². The standard InChI is InChI=1S/C8H13N3O2/c1-3-6(2)10-8(13)11-5-4-9-7(11)12/h4-6H,3H2,1-2H3,(H,9,12)(H,10,13). The van der Waals surface area contributed by atoms with Crippen molar-refractivity contribution in [3.63, 3.8) is 0 Å². The molecule has 1 rings (SSSR count). The highest BCUT2D eigenvalue weighted by Gasteiger charge is 2.08. The van der Waals surface area contributed by atoms with E-state index in [0.717, 1.165) is 11.0 Å². The number of aromatic nitrogens is 2. The first kappa shape index (κ1) is 9.57. The fourth-order valence-electron chi connectivity index (χ4n) is 0.863. The van der Waals surface area contributed by atoms with Gasteiger partial charge in [0.15, 0.2) is 0 Å². The number of hydrogen-bond acceptors (Lipinski definition) is 2. The monoisotopic (exact) mass is 183 g/mol. The molecule has 0 aliphatic carbocycles. The Morgan fingerprint density at radius 3 is 2.92 bits per heavy atom. The molecule has 1 amide bonds. The van der Waals surface area contributed by atoms with Gasteiger partial charge >= 0.3 is 11.7 Å². The van der Waals surface area contributed by atoms with E-state index in [1.807, 2.05) is 13.8 Å². The second kappa shape index (κ2) is 3.93. The Morgan fingerprint density at radius 2 is 2.46 bits per heavy atom. The number of nitrogens with zero attached hydrogens (tertiary/aromatic N) is 1. The molecule has 0 aliphatic rings. The number of carbonyl (C=O) groups is 1. The van der Waals surface area contributed by atoms with E-state index < -0.39 is 5.69 Å². The molecular formula is C8H13N3O2. The molecule has 0 saturated heterocycles. The molecule has 5 heteroatoms. The van der Waals surface area contributed by atoms with Crippen molar-refractivity contribution in [2.45, 2.75) is 26.3 Å². The van der Waals surface area contributed by atoms with Crippen LogP contribution in [0.1, 0.15) is 20.3 Å². The summed E-state index contributed by atoms with van der Waals surface area (Å²) in [5.41, 5.74) is -0.416. The number of carbonyl (C=O) groups excluding carboxylic acids is 1. The largest absolute Gasteiger partial charge is 0.335 e. The van der Waals surface area contributed by atoms with Gasteiger partial charge in [-0.2, -0.15) is 0 Å². The van der Waals surface area contributed by atoms with Crippen molar-refractivity contribution in [1.82, 2.24) is 14.9 Å². The number of H-pyrrole nitrogens is 1. The van der Waals surface area contributed by atoms with Crippen LogP contribution in [0.4, 0.5) is 4.79 Å². The van der Waals surface area contributed by atoms with Gasteiger partial charge in [-0.25, -0.2) is 14.2 Å². The lowest BCUT2D eigenvalue weighted by molar-refractivity contribution is 0.238. The second-order valence-electron chi connectivity index (χ2n) is 2.89. The zero-order chi connectivity index (χ0) is 9.84. The second-order valence-corrected chi connectivity index (χ2v) is 2.89. The summed E-state index contributed by atoms with van der Waals surface area (Å²) in [6.07, 6.45) is 3.67. The Hall–Kier alpha value is -1.52. The van der Waals surface area contributed by atoms with Crippen LogP contribution in [0.15, 0.2) is 17.2 Å². The third-order valence-corrected chi connectivity index (χ3v) is 1.85. The third-order valence-electron chi connectivity index (χ3n) is 1.85. The summed E-state index contributed by atoms with van der Waals surface area (Å²) in [7, 11) is 0. The molecule has 1 heterocycles. The van der Waals surface area contributed by atoms with Gasteiger partial charge in [0.1, 0.15) is 0 Å². The normalized spacial score (nSPS) is 12.5. The van der Waals surface area contributed by atoms with Crippen molar-refractivity contribution in [2.24, 2.45) is 0 Å². The number of imidazole rings is 1. The summed E-state index contributed by atoms with van der Waals surface area (Å²) in [5.74, 6) is 0. The first-order valence-electron chi connectivity index (χ1n) is 4.22. The average molecular weight is 183 g/mol. The maximum Gasteiger partial charge on any atom is 0.333 e. The van der Waals surface area contributed by atoms with Crippen molar-refractivity contribution in [1.29, 1.82) is 0 Å². The number of amides is 1. The highest BCUT2D eigenvalue weighted by molar-refractivity contribution is 5.76. The first-order chi connectivity index (χ1) is 6.15. The average Bonchev–Trinajstić information content (AvgIpc) is 2.51. The minimum Gasteiger partial charge on any atom is -0.335 e. The molecule has 1 aromatic rings. The summed E-state index contributed by atoms with van der Waals surface area (Å²) >= 11 is 0. The van der Waals surface area contributed by atoms with Crippen LogP contribution >= 0.6 is 0 Å². The molecule has 0 aromatic carbocycles. The van der Waals surface area contributed by atoms with E-state index >= 15 is 0 Å². The summed E-state index contributed by atoms with van der Waals surface area (Å²) in [5, 5.41) is 2.68. The molecule has 0 saturated carbocycles. The smallest absolute Gasteiger partial charge is 0.333 e. The summed E-state index contributed by atoms with van der Waals surface area (Å²) in [4.78, 5) is 24.7. The van der Waals surface area contributed by atoms with E-state index in [2.05, 4.69) is 10.3 Å². The van der Waals surface area contributed by atoms with E-state index in [-0.39, 0.29) is 12.1 Å². The number of aromatic amines is 1. The van der Waals surface area contributed by atoms with Gasteiger partial charge in [-0.1, -0.05) is 6.92 Å². The molecule has 0 fully saturated rings. The summed E-state index contributed by atoms with van der Waals surface area (Å²) in [6, 6.07) is -0.310. The van der Waals surface area contributed by atoms with E-state index in [4.69, 9.17) is 0 Å². The lowest BCUT2D eigenvalue weighted by atomic mass is 10.3. The van der Waals surface area contributed by atoms with Crippen LogP contribution in [-0.4, -0.2) is 21.6 Å². The van der Waals surface area contributed by atoms with Crippen molar-refractivity contribution in [2.75, 3.05) is 0 Å². The SMILES string of the molecule is CCC(C)NC(=O)n1cc[nH]c1=O. The third kappa shape index (κ3) is 2.21. The Kier molecular flexibility index (Phi) is 2.89. The first-order valence-corrected chi connectivity index (χ1v) is 4.22. The maximum absolute atomic E-state index is 11.3. The zero-order valence-corrected chi connectivity index (χ0v) is 7.70. The van der Waals surface area contributed by atoms with Gasteiger partial charge in [-0.15, -0.1) is 0 Å². The van der Waals surface area contributed by atoms with Crippen LogP contribution in [0.25, 0.3) is 0 Å². The fourth-order valence-corrected chi connectivity index (χ4v) is 0.863. The molecule has 0 spiro atoms. The van der Waals surface area contributed by atoms with Crippen molar-refractivity contribution >= 4 is 6.03 Å². The Balaban J connectivity index is 2.70. The van der Waals surface area contributed by atoms with Crippen LogP contribution in [-0.2, 0) is 0 Å². The number of nitrogens with one attached hydrogen (secondary N) is 2. The predicted molar refractivity (Wildman–Crippen MR) is 48.7 cm³/mol. The van der Waals surface area contributed by atoms with Gasteiger partial charge in [-0.3, -0.25) is 0 Å². The highest BCUT2D eigenvalue weighted by Crippen LogP contribution is 1.88. The van der Waals surface area contributed by atoms with Crippen LogP contribution in [0.2, 0.25) is 0 Å². The van der Waals surface area contributed by atoms with Crippen molar-refractivity contribution < 1.29 is 4.79 Å². The highest BCUT2D eigenvalue weighted by atomic mass is 16.2. The van der Waals surface area contributed by atoms with Crippen LogP contribution in [0.5, 0.6) is 0 Å². The summed E-state index contributed by atoms with van der Waals surface area (Å²) < 4.78 is 1.01. The maximum atomic E-state index is 11.3. The predicted octanol–water partition coefficient (Wildman–Crippen LogP) is 0.533. The Bertz CT molecular complexity index is 339. The van der Waals surface area contributed by atoms with E-state index in [1.54, 1.807) is 0 Å².